The van der Waals surface area contributed by atoms with E-state index in [0.717, 1.165) is 13.0 Å². The molecule has 3 N–H and O–H groups in total. The first-order valence-corrected chi connectivity index (χ1v) is 5.65. The van der Waals surface area contributed by atoms with Gasteiger partial charge in [-0.1, -0.05) is 33.1 Å². The van der Waals surface area contributed by atoms with Gasteiger partial charge in [0.05, 0.1) is 0 Å². The largest absolute Gasteiger partial charge is 0.325 e. The molecule has 0 bridgehead atoms. The van der Waals surface area contributed by atoms with Crippen molar-refractivity contribution in [2.24, 2.45) is 5.73 Å². The quantitative estimate of drug-likeness (QED) is 0.701. The first kappa shape index (κ1) is 11.0. The predicted octanol–water partition coefficient (Wildman–Crippen LogP) is 2.04. The van der Waals surface area contributed by atoms with Crippen LogP contribution in [0.4, 0.5) is 0 Å². The van der Waals surface area contributed by atoms with Crippen LogP contribution in [0.25, 0.3) is 0 Å². The highest BCUT2D eigenvalue weighted by atomic mass is 14.9. The van der Waals surface area contributed by atoms with Gasteiger partial charge in [0.2, 0.25) is 0 Å². The fourth-order valence-electron chi connectivity index (χ4n) is 2.12. The molecule has 1 aliphatic carbocycles. The van der Waals surface area contributed by atoms with Crippen LogP contribution in [0, 0.1) is 0 Å². The van der Waals surface area contributed by atoms with E-state index in [9.17, 15) is 0 Å². The number of nitrogens with two attached hydrogens (primary N) is 1. The van der Waals surface area contributed by atoms with Crippen LogP contribution in [0.15, 0.2) is 0 Å². The van der Waals surface area contributed by atoms with Gasteiger partial charge in [-0.3, -0.25) is 0 Å². The van der Waals surface area contributed by atoms with E-state index >= 15 is 0 Å². The van der Waals surface area contributed by atoms with Gasteiger partial charge in [-0.05, 0) is 25.8 Å². The van der Waals surface area contributed by atoms with Crippen molar-refractivity contribution in [2.75, 3.05) is 6.54 Å². The standard InChI is InChI=1S/C11H24N2/c1-10(2)13-9-8-11(12)6-4-3-5-7-11/h10,13H,3-9,12H2,1-2H3. The number of nitrogens with one attached hydrogen (secondary N) is 1. The average molecular weight is 184 g/mol. The Kier molecular flexibility index (Phi) is 4.20. The SMILES string of the molecule is CC(C)NCCC1(N)CCCCC1. The minimum Gasteiger partial charge on any atom is -0.325 e. The molecule has 0 aliphatic heterocycles. The highest BCUT2D eigenvalue weighted by Gasteiger charge is 2.26. The molecule has 2 heteroatoms. The van der Waals surface area contributed by atoms with Crippen molar-refractivity contribution in [1.82, 2.24) is 5.32 Å². The molecule has 0 saturated heterocycles. The first-order valence-electron chi connectivity index (χ1n) is 5.65. The summed E-state index contributed by atoms with van der Waals surface area (Å²) in [7, 11) is 0. The maximum atomic E-state index is 6.31. The second-order valence-electron chi connectivity index (χ2n) is 4.78. The van der Waals surface area contributed by atoms with Gasteiger partial charge in [-0.15, -0.1) is 0 Å². The van der Waals surface area contributed by atoms with Crippen molar-refractivity contribution in [3.63, 3.8) is 0 Å². The zero-order valence-corrected chi connectivity index (χ0v) is 9.10. The summed E-state index contributed by atoms with van der Waals surface area (Å²) in [4.78, 5) is 0. The molecular formula is C11H24N2. The van der Waals surface area contributed by atoms with E-state index in [1.807, 2.05) is 0 Å². The molecular weight excluding hydrogens is 160 g/mol. The molecule has 0 aromatic carbocycles. The van der Waals surface area contributed by atoms with Gasteiger partial charge in [0.15, 0.2) is 0 Å². The lowest BCUT2D eigenvalue weighted by Crippen LogP contribution is -2.44. The van der Waals surface area contributed by atoms with Crippen molar-refractivity contribution in [3.05, 3.63) is 0 Å². The van der Waals surface area contributed by atoms with E-state index in [-0.39, 0.29) is 5.54 Å². The van der Waals surface area contributed by atoms with Gasteiger partial charge in [-0.25, -0.2) is 0 Å². The zero-order chi connectivity index (χ0) is 9.73. The van der Waals surface area contributed by atoms with Crippen molar-refractivity contribution < 1.29 is 0 Å². The summed E-state index contributed by atoms with van der Waals surface area (Å²) in [5.74, 6) is 0. The Bertz CT molecular complexity index is 137. The average Bonchev–Trinajstić information content (AvgIpc) is 2.04. The van der Waals surface area contributed by atoms with Crippen molar-refractivity contribution in [3.8, 4) is 0 Å². The third-order valence-corrected chi connectivity index (χ3v) is 3.02. The van der Waals surface area contributed by atoms with Gasteiger partial charge < -0.3 is 11.1 Å². The monoisotopic (exact) mass is 184 g/mol. The highest BCUT2D eigenvalue weighted by molar-refractivity contribution is 4.87. The Balaban J connectivity index is 2.17. The molecule has 0 radical (unpaired) electrons. The maximum Gasteiger partial charge on any atom is 0.0166 e. The predicted molar refractivity (Wildman–Crippen MR) is 57.8 cm³/mol. The van der Waals surface area contributed by atoms with Crippen LogP contribution in [-0.4, -0.2) is 18.1 Å². The van der Waals surface area contributed by atoms with E-state index in [1.165, 1.54) is 32.1 Å². The molecule has 0 atom stereocenters. The summed E-state index contributed by atoms with van der Waals surface area (Å²) in [6.07, 6.45) is 7.65. The maximum absolute atomic E-state index is 6.31. The van der Waals surface area contributed by atoms with Crippen LogP contribution in [0.2, 0.25) is 0 Å². The fourth-order valence-corrected chi connectivity index (χ4v) is 2.12. The summed E-state index contributed by atoms with van der Waals surface area (Å²) in [6, 6.07) is 0.590. The fraction of sp³-hybridized carbons (Fsp3) is 1.00. The van der Waals surface area contributed by atoms with E-state index in [2.05, 4.69) is 19.2 Å². The van der Waals surface area contributed by atoms with Crippen LogP contribution < -0.4 is 11.1 Å². The molecule has 78 valence electrons. The summed E-state index contributed by atoms with van der Waals surface area (Å²) < 4.78 is 0. The van der Waals surface area contributed by atoms with E-state index < -0.39 is 0 Å². The molecule has 1 fully saturated rings. The second-order valence-corrected chi connectivity index (χ2v) is 4.78. The van der Waals surface area contributed by atoms with Crippen LogP contribution in [-0.2, 0) is 0 Å². The summed E-state index contributed by atoms with van der Waals surface area (Å²) in [6.45, 7) is 5.45. The summed E-state index contributed by atoms with van der Waals surface area (Å²) in [5, 5.41) is 3.44. The molecule has 1 aliphatic rings. The Morgan fingerprint density at radius 2 is 1.85 bits per heavy atom. The lowest BCUT2D eigenvalue weighted by atomic mass is 9.80. The van der Waals surface area contributed by atoms with Crippen LogP contribution >= 0.6 is 0 Å². The Morgan fingerprint density at radius 1 is 1.23 bits per heavy atom. The van der Waals surface area contributed by atoms with E-state index in [0.29, 0.717) is 6.04 Å². The highest BCUT2D eigenvalue weighted by Crippen LogP contribution is 2.28. The third kappa shape index (κ3) is 4.10. The van der Waals surface area contributed by atoms with Gasteiger partial charge in [0.25, 0.3) is 0 Å². The van der Waals surface area contributed by atoms with Crippen molar-refractivity contribution in [1.29, 1.82) is 0 Å². The molecule has 0 aromatic heterocycles. The van der Waals surface area contributed by atoms with Crippen LogP contribution in [0.1, 0.15) is 52.4 Å². The van der Waals surface area contributed by atoms with Gasteiger partial charge in [-0.2, -0.15) is 0 Å². The molecule has 0 heterocycles. The van der Waals surface area contributed by atoms with Gasteiger partial charge in [0, 0.05) is 11.6 Å². The second kappa shape index (κ2) is 4.97. The normalized spacial score (nSPS) is 22.2. The molecule has 2 nitrogen and oxygen atoms in total. The van der Waals surface area contributed by atoms with E-state index in [1.54, 1.807) is 0 Å². The minimum absolute atomic E-state index is 0.153. The van der Waals surface area contributed by atoms with Gasteiger partial charge >= 0.3 is 0 Å². The first-order chi connectivity index (χ1) is 6.12. The molecule has 1 rings (SSSR count). The van der Waals surface area contributed by atoms with Crippen molar-refractivity contribution >= 4 is 0 Å². The Labute approximate surface area is 82.3 Å². The lowest BCUT2D eigenvalue weighted by Gasteiger charge is -2.33. The Morgan fingerprint density at radius 3 is 2.38 bits per heavy atom. The molecule has 0 unspecified atom stereocenters. The topological polar surface area (TPSA) is 38.0 Å². The smallest absolute Gasteiger partial charge is 0.0166 e. The number of rotatable bonds is 4. The molecule has 0 spiro atoms. The molecule has 13 heavy (non-hydrogen) atoms. The Hall–Kier alpha value is -0.0800. The summed E-state index contributed by atoms with van der Waals surface area (Å²) in [5.41, 5.74) is 6.46. The van der Waals surface area contributed by atoms with Gasteiger partial charge in [0.1, 0.15) is 0 Å². The van der Waals surface area contributed by atoms with Crippen LogP contribution in [0.5, 0.6) is 0 Å². The third-order valence-electron chi connectivity index (χ3n) is 3.02. The molecule has 1 saturated carbocycles. The van der Waals surface area contributed by atoms with Crippen molar-refractivity contribution in [2.45, 2.75) is 64.0 Å². The molecule has 0 amide bonds. The zero-order valence-electron chi connectivity index (χ0n) is 9.10. The number of hydrogen-bond donors (Lipinski definition) is 2. The summed E-state index contributed by atoms with van der Waals surface area (Å²) >= 11 is 0. The number of hydrogen-bond acceptors (Lipinski definition) is 2. The minimum atomic E-state index is 0.153. The van der Waals surface area contributed by atoms with E-state index in [4.69, 9.17) is 5.73 Å². The van der Waals surface area contributed by atoms with Crippen LogP contribution in [0.3, 0.4) is 0 Å². The molecule has 0 aromatic rings. The lowest BCUT2D eigenvalue weighted by molar-refractivity contribution is 0.272.